The molecule has 0 radical (unpaired) electrons. The predicted molar refractivity (Wildman–Crippen MR) is 68.4 cm³/mol. The normalized spacial score (nSPS) is 13.2. The standard InChI is InChI=1S/C12H15BrN2O/c1-8(7-16)6-15-9(2)14-11-4-3-10(13)5-12(11)15/h3-5,8,16H,6-7H2,1-2H3. The van der Waals surface area contributed by atoms with E-state index >= 15 is 0 Å². The second-order valence-corrected chi connectivity index (χ2v) is 5.11. The number of aryl methyl sites for hydroxylation is 1. The van der Waals surface area contributed by atoms with Gasteiger partial charge in [-0.05, 0) is 31.0 Å². The summed E-state index contributed by atoms with van der Waals surface area (Å²) in [4.78, 5) is 4.50. The molecule has 0 aliphatic heterocycles. The third-order valence-electron chi connectivity index (χ3n) is 2.71. The van der Waals surface area contributed by atoms with Gasteiger partial charge in [-0.15, -0.1) is 0 Å². The van der Waals surface area contributed by atoms with Crippen molar-refractivity contribution in [3.8, 4) is 0 Å². The van der Waals surface area contributed by atoms with Crippen molar-refractivity contribution in [2.24, 2.45) is 5.92 Å². The van der Waals surface area contributed by atoms with Crippen LogP contribution < -0.4 is 0 Å². The zero-order chi connectivity index (χ0) is 11.7. The molecule has 0 bridgehead atoms. The van der Waals surface area contributed by atoms with Gasteiger partial charge in [-0.1, -0.05) is 22.9 Å². The summed E-state index contributed by atoms with van der Waals surface area (Å²) in [6.45, 7) is 5.03. The van der Waals surface area contributed by atoms with E-state index in [9.17, 15) is 0 Å². The number of fused-ring (bicyclic) bond motifs is 1. The second kappa shape index (κ2) is 4.55. The van der Waals surface area contributed by atoms with E-state index < -0.39 is 0 Å². The summed E-state index contributed by atoms with van der Waals surface area (Å²) in [6, 6.07) is 6.07. The molecular formula is C12H15BrN2O. The highest BCUT2D eigenvalue weighted by atomic mass is 79.9. The molecule has 1 N–H and O–H groups in total. The smallest absolute Gasteiger partial charge is 0.106 e. The van der Waals surface area contributed by atoms with Gasteiger partial charge in [-0.3, -0.25) is 0 Å². The van der Waals surface area contributed by atoms with Crippen LogP contribution in [0, 0.1) is 12.8 Å². The minimum Gasteiger partial charge on any atom is -0.396 e. The summed E-state index contributed by atoms with van der Waals surface area (Å²) >= 11 is 3.47. The Labute approximate surface area is 103 Å². The molecule has 2 rings (SSSR count). The van der Waals surface area contributed by atoms with Gasteiger partial charge in [-0.25, -0.2) is 4.98 Å². The van der Waals surface area contributed by atoms with Crippen LogP contribution in [0.25, 0.3) is 11.0 Å². The summed E-state index contributed by atoms with van der Waals surface area (Å²) in [5.41, 5.74) is 2.12. The van der Waals surface area contributed by atoms with E-state index in [1.165, 1.54) is 0 Å². The predicted octanol–water partition coefficient (Wildman–Crippen LogP) is 2.74. The van der Waals surface area contributed by atoms with E-state index in [1.54, 1.807) is 0 Å². The van der Waals surface area contributed by atoms with Crippen LogP contribution in [-0.4, -0.2) is 21.3 Å². The molecule has 0 amide bonds. The molecule has 0 aliphatic rings. The van der Waals surface area contributed by atoms with Crippen LogP contribution in [0.1, 0.15) is 12.7 Å². The number of imidazole rings is 1. The number of hydrogen-bond donors (Lipinski definition) is 1. The Morgan fingerprint density at radius 2 is 2.25 bits per heavy atom. The zero-order valence-corrected chi connectivity index (χ0v) is 11.0. The number of nitrogens with zero attached hydrogens (tertiary/aromatic N) is 2. The third-order valence-corrected chi connectivity index (χ3v) is 3.20. The van der Waals surface area contributed by atoms with Gasteiger partial charge in [0.25, 0.3) is 0 Å². The van der Waals surface area contributed by atoms with Gasteiger partial charge in [0.1, 0.15) is 5.82 Å². The van der Waals surface area contributed by atoms with Crippen LogP contribution in [0.15, 0.2) is 22.7 Å². The van der Waals surface area contributed by atoms with E-state index in [2.05, 4.69) is 31.5 Å². The molecule has 3 nitrogen and oxygen atoms in total. The van der Waals surface area contributed by atoms with Crippen molar-refractivity contribution in [1.29, 1.82) is 0 Å². The van der Waals surface area contributed by atoms with Crippen molar-refractivity contribution in [2.45, 2.75) is 20.4 Å². The Morgan fingerprint density at radius 3 is 2.94 bits per heavy atom. The maximum absolute atomic E-state index is 9.11. The first kappa shape index (κ1) is 11.6. The number of aromatic nitrogens is 2. The summed E-state index contributed by atoms with van der Waals surface area (Å²) in [6.07, 6.45) is 0. The SMILES string of the molecule is Cc1nc2ccc(Br)cc2n1CC(C)CO. The van der Waals surface area contributed by atoms with Gasteiger partial charge in [0.15, 0.2) is 0 Å². The molecule has 0 spiro atoms. The van der Waals surface area contributed by atoms with Crippen LogP contribution in [0.4, 0.5) is 0 Å². The third kappa shape index (κ3) is 2.13. The van der Waals surface area contributed by atoms with Gasteiger partial charge >= 0.3 is 0 Å². The fourth-order valence-corrected chi connectivity index (χ4v) is 2.17. The molecule has 16 heavy (non-hydrogen) atoms. The number of rotatable bonds is 3. The summed E-state index contributed by atoms with van der Waals surface area (Å²) in [5.74, 6) is 1.24. The van der Waals surface area contributed by atoms with E-state index in [1.807, 2.05) is 26.0 Å². The first-order valence-corrected chi connectivity index (χ1v) is 6.14. The van der Waals surface area contributed by atoms with Crippen LogP contribution >= 0.6 is 15.9 Å². The Morgan fingerprint density at radius 1 is 1.50 bits per heavy atom. The first-order chi connectivity index (χ1) is 7.61. The molecule has 0 fully saturated rings. The van der Waals surface area contributed by atoms with Crippen molar-refractivity contribution >= 4 is 27.0 Å². The number of aliphatic hydroxyl groups is 1. The zero-order valence-electron chi connectivity index (χ0n) is 9.44. The second-order valence-electron chi connectivity index (χ2n) is 4.19. The van der Waals surface area contributed by atoms with Gasteiger partial charge < -0.3 is 9.67 Å². The number of benzene rings is 1. The Kier molecular flexibility index (Phi) is 3.30. The van der Waals surface area contributed by atoms with Crippen molar-refractivity contribution in [1.82, 2.24) is 9.55 Å². The van der Waals surface area contributed by atoms with Crippen LogP contribution in [0.3, 0.4) is 0 Å². The lowest BCUT2D eigenvalue weighted by molar-refractivity contribution is 0.223. The molecule has 0 aliphatic carbocycles. The molecule has 0 saturated heterocycles. The highest BCUT2D eigenvalue weighted by Crippen LogP contribution is 2.21. The minimum atomic E-state index is 0.202. The lowest BCUT2D eigenvalue weighted by Gasteiger charge is -2.11. The lowest BCUT2D eigenvalue weighted by Crippen LogP contribution is -2.12. The fraction of sp³-hybridized carbons (Fsp3) is 0.417. The van der Waals surface area contributed by atoms with Crippen LogP contribution in [0.5, 0.6) is 0 Å². The highest BCUT2D eigenvalue weighted by molar-refractivity contribution is 9.10. The molecule has 1 aromatic carbocycles. The maximum Gasteiger partial charge on any atom is 0.106 e. The fourth-order valence-electron chi connectivity index (χ4n) is 1.82. The van der Waals surface area contributed by atoms with E-state index in [0.717, 1.165) is 27.9 Å². The highest BCUT2D eigenvalue weighted by Gasteiger charge is 2.10. The van der Waals surface area contributed by atoms with Gasteiger partial charge in [0.2, 0.25) is 0 Å². The molecule has 1 aromatic heterocycles. The lowest BCUT2D eigenvalue weighted by atomic mass is 10.2. The maximum atomic E-state index is 9.11. The van der Waals surface area contributed by atoms with Crippen molar-refractivity contribution in [3.05, 3.63) is 28.5 Å². The van der Waals surface area contributed by atoms with Crippen molar-refractivity contribution in [2.75, 3.05) is 6.61 Å². The molecule has 1 atom stereocenters. The number of aliphatic hydroxyl groups excluding tert-OH is 1. The quantitative estimate of drug-likeness (QED) is 0.940. The molecule has 1 heterocycles. The number of halogens is 1. The van der Waals surface area contributed by atoms with Gasteiger partial charge in [0, 0.05) is 17.6 Å². The Bertz CT molecular complexity index is 507. The van der Waals surface area contributed by atoms with Crippen LogP contribution in [-0.2, 0) is 6.54 Å². The summed E-state index contributed by atoms with van der Waals surface area (Å²) < 4.78 is 3.21. The van der Waals surface area contributed by atoms with Gasteiger partial charge in [0.05, 0.1) is 11.0 Å². The van der Waals surface area contributed by atoms with Gasteiger partial charge in [-0.2, -0.15) is 0 Å². The largest absolute Gasteiger partial charge is 0.396 e. The Balaban J connectivity index is 2.50. The van der Waals surface area contributed by atoms with E-state index in [4.69, 9.17) is 5.11 Å². The molecule has 4 heteroatoms. The molecule has 2 aromatic rings. The first-order valence-electron chi connectivity index (χ1n) is 5.35. The van der Waals surface area contributed by atoms with E-state index in [-0.39, 0.29) is 12.5 Å². The minimum absolute atomic E-state index is 0.202. The van der Waals surface area contributed by atoms with E-state index in [0.29, 0.717) is 0 Å². The molecule has 86 valence electrons. The average molecular weight is 283 g/mol. The Hall–Kier alpha value is -0.870. The van der Waals surface area contributed by atoms with Crippen molar-refractivity contribution < 1.29 is 5.11 Å². The summed E-state index contributed by atoms with van der Waals surface area (Å²) in [7, 11) is 0. The monoisotopic (exact) mass is 282 g/mol. The average Bonchev–Trinajstić information content (AvgIpc) is 2.55. The summed E-state index contributed by atoms with van der Waals surface area (Å²) in [5, 5.41) is 9.11. The molecule has 0 saturated carbocycles. The molecule has 1 unspecified atom stereocenters. The van der Waals surface area contributed by atoms with Crippen molar-refractivity contribution in [3.63, 3.8) is 0 Å². The number of hydrogen-bond acceptors (Lipinski definition) is 2. The topological polar surface area (TPSA) is 38.0 Å². The van der Waals surface area contributed by atoms with Crippen LogP contribution in [0.2, 0.25) is 0 Å². The molecular weight excluding hydrogens is 268 g/mol.